The van der Waals surface area contributed by atoms with Gasteiger partial charge >= 0.3 is 0 Å². The van der Waals surface area contributed by atoms with Crippen LogP contribution >= 0.6 is 21.6 Å². The Labute approximate surface area is 316 Å². The Kier molecular flexibility index (Phi) is 17.2. The predicted octanol–water partition coefficient (Wildman–Crippen LogP) is -1.05. The Morgan fingerprint density at radius 2 is 1.45 bits per heavy atom. The molecular formula is C34H50N8O9S2. The molecule has 10 N–H and O–H groups in total. The minimum Gasteiger partial charge on any atom is -0.508 e. The monoisotopic (exact) mass is 778 g/mol. The molecule has 3 rings (SSSR count). The number of rotatable bonds is 10. The van der Waals surface area contributed by atoms with Crippen molar-refractivity contribution in [1.82, 2.24) is 31.5 Å². The van der Waals surface area contributed by atoms with Gasteiger partial charge in [0.2, 0.25) is 47.3 Å². The maximum Gasteiger partial charge on any atom is 0.246 e. The van der Waals surface area contributed by atoms with Crippen molar-refractivity contribution in [3.8, 4) is 5.75 Å². The Morgan fingerprint density at radius 1 is 0.830 bits per heavy atom. The summed E-state index contributed by atoms with van der Waals surface area (Å²) in [5.41, 5.74) is 11.4. The van der Waals surface area contributed by atoms with E-state index >= 15 is 0 Å². The summed E-state index contributed by atoms with van der Waals surface area (Å²) in [7, 11) is 2.52. The van der Waals surface area contributed by atoms with Crippen LogP contribution in [0.4, 0.5) is 0 Å². The quantitative estimate of drug-likeness (QED) is 0.133. The Balaban J connectivity index is 1.99. The molecule has 0 spiro atoms. The van der Waals surface area contributed by atoms with E-state index in [1.165, 1.54) is 33.7 Å². The number of hydrogen-bond donors (Lipinski definition) is 8. The molecule has 0 unspecified atom stereocenters. The van der Waals surface area contributed by atoms with Gasteiger partial charge in [0, 0.05) is 43.9 Å². The molecule has 53 heavy (non-hydrogen) atoms. The van der Waals surface area contributed by atoms with Gasteiger partial charge in [-0.25, -0.2) is 0 Å². The smallest absolute Gasteiger partial charge is 0.246 e. The van der Waals surface area contributed by atoms with Crippen molar-refractivity contribution in [2.45, 2.75) is 95.4 Å². The lowest BCUT2D eigenvalue weighted by Crippen LogP contribution is -2.61. The van der Waals surface area contributed by atoms with Crippen LogP contribution in [0.2, 0.25) is 0 Å². The molecule has 0 aromatic heterocycles. The van der Waals surface area contributed by atoms with E-state index in [4.69, 9.17) is 11.5 Å². The molecule has 0 bridgehead atoms. The molecule has 2 saturated heterocycles. The highest BCUT2D eigenvalue weighted by atomic mass is 33.1. The van der Waals surface area contributed by atoms with Crippen molar-refractivity contribution in [1.29, 1.82) is 0 Å². The SMILES string of the molecule is CC[C@H](C)[C@@H]1NC(=O)[C@H](Cc2ccc(O)cc2)NC(=O)CCSSC[C@@H](C(=O)N2CCCC2)NC(=O)[C@H](CC(N)=O)NC(=O)[C@H](CCC(N)=O)NC1=O. The molecule has 19 heteroatoms. The van der Waals surface area contributed by atoms with Crippen molar-refractivity contribution >= 4 is 68.8 Å². The highest BCUT2D eigenvalue weighted by Crippen LogP contribution is 2.24. The number of phenols is 1. The van der Waals surface area contributed by atoms with Crippen molar-refractivity contribution in [2.24, 2.45) is 17.4 Å². The number of amides is 8. The highest BCUT2D eigenvalue weighted by Gasteiger charge is 2.36. The third-order valence-corrected chi connectivity index (χ3v) is 11.3. The van der Waals surface area contributed by atoms with Gasteiger partial charge in [0.1, 0.15) is 36.0 Å². The zero-order valence-electron chi connectivity index (χ0n) is 29.9. The van der Waals surface area contributed by atoms with Crippen molar-refractivity contribution in [3.63, 3.8) is 0 Å². The fraction of sp³-hybridized carbons (Fsp3) is 0.588. The summed E-state index contributed by atoms with van der Waals surface area (Å²) in [5.74, 6) is -5.86. The van der Waals surface area contributed by atoms with Gasteiger partial charge in [0.25, 0.3) is 0 Å². The molecule has 0 saturated carbocycles. The molecule has 17 nitrogen and oxygen atoms in total. The lowest BCUT2D eigenvalue weighted by molar-refractivity contribution is -0.137. The summed E-state index contributed by atoms with van der Waals surface area (Å²) in [5, 5.41) is 22.9. The third-order valence-electron chi connectivity index (χ3n) is 8.93. The molecule has 0 aliphatic carbocycles. The van der Waals surface area contributed by atoms with E-state index in [0.29, 0.717) is 25.1 Å². The van der Waals surface area contributed by atoms with Gasteiger partial charge in [-0.05, 0) is 42.9 Å². The van der Waals surface area contributed by atoms with Crippen LogP contribution in [0.5, 0.6) is 5.75 Å². The predicted molar refractivity (Wildman–Crippen MR) is 199 cm³/mol. The highest BCUT2D eigenvalue weighted by molar-refractivity contribution is 8.76. The Bertz CT molecular complexity index is 1490. The Hall–Kier alpha value is -4.52. The molecule has 2 fully saturated rings. The van der Waals surface area contributed by atoms with Gasteiger partial charge < -0.3 is 48.1 Å². The van der Waals surface area contributed by atoms with Gasteiger partial charge in [0.05, 0.1) is 6.42 Å². The van der Waals surface area contributed by atoms with Crippen LogP contribution in [0.3, 0.4) is 0 Å². The average Bonchev–Trinajstić information content (AvgIpc) is 3.65. The second kappa shape index (κ2) is 21.2. The van der Waals surface area contributed by atoms with Crippen LogP contribution in [0.25, 0.3) is 0 Å². The van der Waals surface area contributed by atoms with Crippen molar-refractivity contribution < 1.29 is 43.5 Å². The van der Waals surface area contributed by atoms with E-state index in [1.807, 2.05) is 0 Å². The number of carbonyl (C=O) groups excluding carboxylic acids is 8. The molecule has 0 radical (unpaired) electrons. The maximum atomic E-state index is 13.8. The summed E-state index contributed by atoms with van der Waals surface area (Å²) in [6.45, 7) is 4.50. The number of phenolic OH excluding ortho intramolecular Hbond substituents is 1. The number of nitrogens with zero attached hydrogens (tertiary/aromatic N) is 1. The van der Waals surface area contributed by atoms with Crippen LogP contribution in [0, 0.1) is 5.92 Å². The molecular weight excluding hydrogens is 729 g/mol. The molecule has 2 aliphatic rings. The molecule has 8 amide bonds. The third kappa shape index (κ3) is 14.1. The molecule has 2 aliphatic heterocycles. The minimum atomic E-state index is -1.54. The second-order valence-electron chi connectivity index (χ2n) is 13.1. The van der Waals surface area contributed by atoms with Gasteiger partial charge in [-0.2, -0.15) is 0 Å². The zero-order chi connectivity index (χ0) is 39.1. The van der Waals surface area contributed by atoms with Gasteiger partial charge in [-0.1, -0.05) is 54.0 Å². The van der Waals surface area contributed by atoms with E-state index in [-0.39, 0.29) is 48.8 Å². The first-order valence-corrected chi connectivity index (χ1v) is 20.1. The molecule has 6 atom stereocenters. The fourth-order valence-corrected chi connectivity index (χ4v) is 7.86. The van der Waals surface area contributed by atoms with Crippen LogP contribution < -0.4 is 38.1 Å². The lowest BCUT2D eigenvalue weighted by atomic mass is 9.96. The van der Waals surface area contributed by atoms with Gasteiger partial charge in [-0.3, -0.25) is 38.4 Å². The number of aromatic hydroxyl groups is 1. The standard InChI is InChI=1S/C34H50N8O9S2/c1-3-19(2)29-33(50)38-22(10-11-26(35)44)30(47)39-24(17-27(36)45)31(48)40-25(34(51)42-13-4-5-14-42)18-53-52-15-12-28(46)37-23(32(49)41-29)16-20-6-8-21(43)9-7-20/h6-9,19,22-25,29,43H,3-5,10-18H2,1-2H3,(H2,35,44)(H2,36,45)(H,37,46)(H,38,50)(H,39,47)(H,40,48)(H,41,49)/t19-,22-,23-,24-,25-,29-/m0/s1. The van der Waals surface area contributed by atoms with E-state index < -0.39 is 83.9 Å². The molecule has 292 valence electrons. The number of carbonyl (C=O) groups is 8. The first kappa shape index (κ1) is 42.9. The van der Waals surface area contributed by atoms with Crippen molar-refractivity contribution in [2.75, 3.05) is 24.6 Å². The fourth-order valence-electron chi connectivity index (χ4n) is 5.71. The topological polar surface area (TPSA) is 272 Å². The van der Waals surface area contributed by atoms with Gasteiger partial charge in [0.15, 0.2) is 0 Å². The van der Waals surface area contributed by atoms with Crippen LogP contribution in [0.15, 0.2) is 24.3 Å². The number of nitrogens with one attached hydrogen (secondary N) is 5. The summed E-state index contributed by atoms with van der Waals surface area (Å²) in [4.78, 5) is 107. The lowest BCUT2D eigenvalue weighted by Gasteiger charge is -2.29. The number of benzene rings is 1. The van der Waals surface area contributed by atoms with Crippen LogP contribution in [-0.4, -0.2) is 112 Å². The summed E-state index contributed by atoms with van der Waals surface area (Å²) >= 11 is 0. The maximum absolute atomic E-state index is 13.8. The molecule has 1 aromatic carbocycles. The van der Waals surface area contributed by atoms with E-state index in [0.717, 1.165) is 12.8 Å². The summed E-state index contributed by atoms with van der Waals surface area (Å²) in [6.07, 6.45) is 0.771. The van der Waals surface area contributed by atoms with Crippen LogP contribution in [0.1, 0.15) is 64.4 Å². The largest absolute Gasteiger partial charge is 0.508 e. The summed E-state index contributed by atoms with van der Waals surface area (Å²) in [6, 6.07) is -0.296. The van der Waals surface area contributed by atoms with Crippen LogP contribution in [-0.2, 0) is 44.8 Å². The average molecular weight is 779 g/mol. The van der Waals surface area contributed by atoms with Crippen molar-refractivity contribution in [3.05, 3.63) is 29.8 Å². The first-order valence-electron chi connectivity index (χ1n) is 17.6. The second-order valence-corrected chi connectivity index (χ2v) is 15.7. The zero-order valence-corrected chi connectivity index (χ0v) is 31.5. The van der Waals surface area contributed by atoms with Gasteiger partial charge in [-0.15, -0.1) is 0 Å². The molecule has 2 heterocycles. The summed E-state index contributed by atoms with van der Waals surface area (Å²) < 4.78 is 0. The minimum absolute atomic E-state index is 0.00232. The van der Waals surface area contributed by atoms with E-state index in [2.05, 4.69) is 26.6 Å². The molecule has 1 aromatic rings. The number of primary amides is 2. The first-order chi connectivity index (χ1) is 25.2. The number of likely N-dealkylation sites (tertiary alicyclic amines) is 1. The number of nitrogens with two attached hydrogens (primary N) is 2. The normalized spacial score (nSPS) is 24.8. The Morgan fingerprint density at radius 3 is 2.08 bits per heavy atom. The van der Waals surface area contributed by atoms with E-state index in [1.54, 1.807) is 30.9 Å². The number of hydrogen-bond acceptors (Lipinski definition) is 11. The van der Waals surface area contributed by atoms with E-state index in [9.17, 15) is 43.5 Å².